The molecule has 0 radical (unpaired) electrons. The third-order valence-electron chi connectivity index (χ3n) is 3.82. The standard InChI is InChI=1S/C12H21NO2/c1-12(7-3-2-4-8-12)13-10(11(14)15)9-5-6-9/h9-10,13H,2-8H2,1H3,(H,14,15). The normalized spacial score (nSPS) is 27.3. The molecule has 0 heterocycles. The molecule has 2 fully saturated rings. The van der Waals surface area contributed by atoms with Gasteiger partial charge >= 0.3 is 5.97 Å². The maximum absolute atomic E-state index is 11.1. The Kier molecular flexibility index (Phi) is 3.01. The molecule has 2 aliphatic rings. The Bertz CT molecular complexity index is 242. The lowest BCUT2D eigenvalue weighted by molar-refractivity contribution is -0.140. The summed E-state index contributed by atoms with van der Waals surface area (Å²) >= 11 is 0. The molecule has 3 heteroatoms. The van der Waals surface area contributed by atoms with Gasteiger partial charge in [-0.15, -0.1) is 0 Å². The SMILES string of the molecule is CC1(NC(C(=O)O)C2CC2)CCCCC1. The molecule has 0 bridgehead atoms. The van der Waals surface area contributed by atoms with Crippen molar-refractivity contribution >= 4 is 5.97 Å². The Hall–Kier alpha value is -0.570. The zero-order valence-electron chi connectivity index (χ0n) is 9.46. The molecule has 2 rings (SSSR count). The number of aliphatic carboxylic acids is 1. The number of rotatable bonds is 4. The minimum Gasteiger partial charge on any atom is -0.480 e. The average molecular weight is 211 g/mol. The zero-order valence-corrected chi connectivity index (χ0v) is 9.46. The van der Waals surface area contributed by atoms with Gasteiger partial charge in [-0.2, -0.15) is 0 Å². The van der Waals surface area contributed by atoms with Crippen LogP contribution in [0.3, 0.4) is 0 Å². The Morgan fingerprint density at radius 2 is 1.93 bits per heavy atom. The van der Waals surface area contributed by atoms with Gasteiger partial charge in [0.15, 0.2) is 0 Å². The summed E-state index contributed by atoms with van der Waals surface area (Å²) in [5, 5.41) is 12.6. The third kappa shape index (κ3) is 2.71. The van der Waals surface area contributed by atoms with Gasteiger partial charge in [-0.05, 0) is 38.5 Å². The predicted octanol–water partition coefficient (Wildman–Crippen LogP) is 2.16. The lowest BCUT2D eigenvalue weighted by atomic mass is 9.82. The van der Waals surface area contributed by atoms with Gasteiger partial charge in [-0.1, -0.05) is 19.3 Å². The molecule has 2 saturated carbocycles. The van der Waals surface area contributed by atoms with Crippen molar-refractivity contribution in [1.29, 1.82) is 0 Å². The molecule has 0 aromatic heterocycles. The lowest BCUT2D eigenvalue weighted by Crippen LogP contribution is -2.53. The van der Waals surface area contributed by atoms with Crippen LogP contribution >= 0.6 is 0 Å². The zero-order chi connectivity index (χ0) is 10.9. The molecule has 3 nitrogen and oxygen atoms in total. The first kappa shape index (κ1) is 10.9. The Morgan fingerprint density at radius 1 is 1.33 bits per heavy atom. The van der Waals surface area contributed by atoms with Crippen molar-refractivity contribution in [2.24, 2.45) is 5.92 Å². The molecule has 0 aromatic rings. The van der Waals surface area contributed by atoms with E-state index in [1.165, 1.54) is 19.3 Å². The van der Waals surface area contributed by atoms with Gasteiger partial charge in [0.2, 0.25) is 0 Å². The summed E-state index contributed by atoms with van der Waals surface area (Å²) in [6, 6.07) is -0.298. The fraction of sp³-hybridized carbons (Fsp3) is 0.917. The van der Waals surface area contributed by atoms with E-state index in [0.717, 1.165) is 25.7 Å². The molecule has 86 valence electrons. The summed E-state index contributed by atoms with van der Waals surface area (Å²) in [5.74, 6) is -0.273. The van der Waals surface area contributed by atoms with Crippen LogP contribution in [0.2, 0.25) is 0 Å². The van der Waals surface area contributed by atoms with Gasteiger partial charge in [0.05, 0.1) is 0 Å². The molecule has 1 unspecified atom stereocenters. The molecule has 0 aromatic carbocycles. The third-order valence-corrected chi connectivity index (χ3v) is 3.82. The predicted molar refractivity (Wildman–Crippen MR) is 58.8 cm³/mol. The highest BCUT2D eigenvalue weighted by atomic mass is 16.4. The van der Waals surface area contributed by atoms with Crippen LogP contribution in [0.25, 0.3) is 0 Å². The fourth-order valence-electron chi connectivity index (χ4n) is 2.66. The van der Waals surface area contributed by atoms with E-state index < -0.39 is 5.97 Å². The van der Waals surface area contributed by atoms with Crippen molar-refractivity contribution in [3.63, 3.8) is 0 Å². The summed E-state index contributed by atoms with van der Waals surface area (Å²) in [5.41, 5.74) is 0.0733. The highest BCUT2D eigenvalue weighted by Crippen LogP contribution is 2.36. The van der Waals surface area contributed by atoms with Crippen LogP contribution in [0.5, 0.6) is 0 Å². The first-order chi connectivity index (χ1) is 7.11. The number of carboxylic acid groups (broad SMARTS) is 1. The minimum absolute atomic E-state index is 0.0733. The van der Waals surface area contributed by atoms with Gasteiger partial charge in [0.1, 0.15) is 6.04 Å². The maximum Gasteiger partial charge on any atom is 0.320 e. The van der Waals surface area contributed by atoms with E-state index in [0.29, 0.717) is 5.92 Å². The number of carboxylic acids is 1. The largest absolute Gasteiger partial charge is 0.480 e. The molecule has 2 N–H and O–H groups in total. The highest BCUT2D eigenvalue weighted by Gasteiger charge is 2.40. The monoisotopic (exact) mass is 211 g/mol. The van der Waals surface area contributed by atoms with Gasteiger partial charge in [0.25, 0.3) is 0 Å². The van der Waals surface area contributed by atoms with Gasteiger partial charge in [0, 0.05) is 5.54 Å². The van der Waals surface area contributed by atoms with Gasteiger partial charge in [-0.3, -0.25) is 10.1 Å². The van der Waals surface area contributed by atoms with Crippen LogP contribution < -0.4 is 5.32 Å². The smallest absolute Gasteiger partial charge is 0.320 e. The molecule has 0 amide bonds. The van der Waals surface area contributed by atoms with E-state index in [1.807, 2.05) is 0 Å². The Labute approximate surface area is 91.2 Å². The van der Waals surface area contributed by atoms with Crippen LogP contribution in [-0.2, 0) is 4.79 Å². The lowest BCUT2D eigenvalue weighted by Gasteiger charge is -2.37. The van der Waals surface area contributed by atoms with E-state index in [1.54, 1.807) is 0 Å². The number of hydrogen-bond acceptors (Lipinski definition) is 2. The Balaban J connectivity index is 1.94. The second-order valence-corrected chi connectivity index (χ2v) is 5.42. The van der Waals surface area contributed by atoms with E-state index >= 15 is 0 Å². The first-order valence-electron chi connectivity index (χ1n) is 6.11. The average Bonchev–Trinajstić information content (AvgIpc) is 2.98. The second-order valence-electron chi connectivity index (χ2n) is 5.42. The summed E-state index contributed by atoms with van der Waals surface area (Å²) in [6.07, 6.45) is 8.20. The molecular formula is C12H21NO2. The molecular weight excluding hydrogens is 190 g/mol. The number of nitrogens with one attached hydrogen (secondary N) is 1. The highest BCUT2D eigenvalue weighted by molar-refractivity contribution is 5.74. The molecule has 0 aliphatic heterocycles. The minimum atomic E-state index is -0.663. The molecule has 0 saturated heterocycles. The fourth-order valence-corrected chi connectivity index (χ4v) is 2.66. The molecule has 15 heavy (non-hydrogen) atoms. The summed E-state index contributed by atoms with van der Waals surface area (Å²) < 4.78 is 0. The maximum atomic E-state index is 11.1. The summed E-state index contributed by atoms with van der Waals surface area (Å²) in [7, 11) is 0. The number of hydrogen-bond donors (Lipinski definition) is 2. The van der Waals surface area contributed by atoms with Gasteiger partial charge in [-0.25, -0.2) is 0 Å². The van der Waals surface area contributed by atoms with Crippen molar-refractivity contribution in [2.75, 3.05) is 0 Å². The van der Waals surface area contributed by atoms with Crippen molar-refractivity contribution < 1.29 is 9.90 Å². The van der Waals surface area contributed by atoms with Crippen LogP contribution in [0, 0.1) is 5.92 Å². The van der Waals surface area contributed by atoms with Crippen molar-refractivity contribution in [3.05, 3.63) is 0 Å². The molecule has 1 atom stereocenters. The van der Waals surface area contributed by atoms with Gasteiger partial charge < -0.3 is 5.11 Å². The van der Waals surface area contributed by atoms with Crippen molar-refractivity contribution in [3.8, 4) is 0 Å². The first-order valence-corrected chi connectivity index (χ1v) is 6.11. The summed E-state index contributed by atoms with van der Waals surface area (Å²) in [6.45, 7) is 2.18. The van der Waals surface area contributed by atoms with E-state index in [2.05, 4.69) is 12.2 Å². The quantitative estimate of drug-likeness (QED) is 0.749. The topological polar surface area (TPSA) is 49.3 Å². The molecule has 0 spiro atoms. The van der Waals surface area contributed by atoms with E-state index in [-0.39, 0.29) is 11.6 Å². The number of carbonyl (C=O) groups is 1. The van der Waals surface area contributed by atoms with Crippen molar-refractivity contribution in [1.82, 2.24) is 5.32 Å². The van der Waals surface area contributed by atoms with E-state index in [9.17, 15) is 4.79 Å². The van der Waals surface area contributed by atoms with Crippen LogP contribution in [0.15, 0.2) is 0 Å². The summed E-state index contributed by atoms with van der Waals surface area (Å²) in [4.78, 5) is 11.1. The van der Waals surface area contributed by atoms with Crippen molar-refractivity contribution in [2.45, 2.75) is 63.5 Å². The van der Waals surface area contributed by atoms with Crippen LogP contribution in [-0.4, -0.2) is 22.7 Å². The molecule has 2 aliphatic carbocycles. The van der Waals surface area contributed by atoms with Crippen LogP contribution in [0.4, 0.5) is 0 Å². The Morgan fingerprint density at radius 3 is 2.40 bits per heavy atom. The van der Waals surface area contributed by atoms with E-state index in [4.69, 9.17) is 5.11 Å². The second kappa shape index (κ2) is 4.12. The van der Waals surface area contributed by atoms with Crippen LogP contribution in [0.1, 0.15) is 51.9 Å².